The van der Waals surface area contributed by atoms with Crippen molar-refractivity contribution in [3.8, 4) is 11.1 Å². The summed E-state index contributed by atoms with van der Waals surface area (Å²) in [7, 11) is 0. The average Bonchev–Trinajstić information content (AvgIpc) is 2.92. The molecule has 1 aromatic heterocycles. The van der Waals surface area contributed by atoms with Crippen molar-refractivity contribution in [1.29, 1.82) is 0 Å². The molecule has 1 aliphatic heterocycles. The Labute approximate surface area is 112 Å². The molecule has 2 N–H and O–H groups in total. The lowest BCUT2D eigenvalue weighted by atomic mass is 9.97. The van der Waals surface area contributed by atoms with E-state index in [1.165, 1.54) is 28.8 Å². The van der Waals surface area contributed by atoms with Crippen LogP contribution in [0.15, 0.2) is 18.2 Å². The molecule has 0 unspecified atom stereocenters. The molecule has 94 valence electrons. The lowest BCUT2D eigenvalue weighted by Gasteiger charge is -2.08. The number of aryl methyl sites for hydroxylation is 2. The summed E-state index contributed by atoms with van der Waals surface area (Å²) in [6, 6.07) is 6.00. The Morgan fingerprint density at radius 2 is 2.28 bits per heavy atom. The normalized spacial score (nSPS) is 13.9. The Hall–Kier alpha value is -1.32. The molecule has 0 radical (unpaired) electrons. The molecule has 0 spiro atoms. The molecule has 3 nitrogen and oxygen atoms in total. The van der Waals surface area contributed by atoms with E-state index >= 15 is 0 Å². The Bertz CT molecular complexity index is 601. The zero-order chi connectivity index (χ0) is 12.7. The van der Waals surface area contributed by atoms with Crippen molar-refractivity contribution in [1.82, 2.24) is 9.78 Å². The van der Waals surface area contributed by atoms with E-state index in [0.29, 0.717) is 6.54 Å². The third-order valence-corrected chi connectivity index (χ3v) is 3.81. The SMILES string of the molecule is Cc1ccc(Cl)cc1-c1c(CN)nn2c1CCC2. The van der Waals surface area contributed by atoms with Crippen LogP contribution in [0, 0.1) is 6.92 Å². The van der Waals surface area contributed by atoms with E-state index in [1.54, 1.807) is 0 Å². The molecule has 3 rings (SSSR count). The van der Waals surface area contributed by atoms with Gasteiger partial charge in [0.15, 0.2) is 0 Å². The van der Waals surface area contributed by atoms with Crippen LogP contribution in [-0.2, 0) is 19.5 Å². The van der Waals surface area contributed by atoms with Gasteiger partial charge in [-0.1, -0.05) is 17.7 Å². The van der Waals surface area contributed by atoms with E-state index < -0.39 is 0 Å². The average molecular weight is 262 g/mol. The van der Waals surface area contributed by atoms with Gasteiger partial charge in [-0.2, -0.15) is 5.10 Å². The smallest absolute Gasteiger partial charge is 0.0841 e. The van der Waals surface area contributed by atoms with Crippen LogP contribution in [0.1, 0.15) is 23.4 Å². The van der Waals surface area contributed by atoms with E-state index in [-0.39, 0.29) is 0 Å². The highest BCUT2D eigenvalue weighted by molar-refractivity contribution is 6.30. The van der Waals surface area contributed by atoms with Crippen LogP contribution < -0.4 is 5.73 Å². The minimum absolute atomic E-state index is 0.473. The van der Waals surface area contributed by atoms with E-state index in [2.05, 4.69) is 22.8 Å². The van der Waals surface area contributed by atoms with Crippen molar-refractivity contribution >= 4 is 11.6 Å². The fourth-order valence-electron chi connectivity index (χ4n) is 2.70. The first-order chi connectivity index (χ1) is 8.70. The molecule has 0 aliphatic carbocycles. The molecule has 18 heavy (non-hydrogen) atoms. The number of hydrogen-bond acceptors (Lipinski definition) is 2. The number of aromatic nitrogens is 2. The van der Waals surface area contributed by atoms with Gasteiger partial charge in [0.25, 0.3) is 0 Å². The van der Waals surface area contributed by atoms with Gasteiger partial charge in [-0.05, 0) is 43.0 Å². The van der Waals surface area contributed by atoms with Crippen LogP contribution in [-0.4, -0.2) is 9.78 Å². The fraction of sp³-hybridized carbons (Fsp3) is 0.357. The maximum Gasteiger partial charge on any atom is 0.0841 e. The molecule has 0 saturated carbocycles. The van der Waals surface area contributed by atoms with E-state index in [0.717, 1.165) is 23.7 Å². The first-order valence-electron chi connectivity index (χ1n) is 6.26. The van der Waals surface area contributed by atoms with E-state index in [1.807, 2.05) is 12.1 Å². The highest BCUT2D eigenvalue weighted by Gasteiger charge is 2.22. The second-order valence-corrected chi connectivity index (χ2v) is 5.19. The van der Waals surface area contributed by atoms with Gasteiger partial charge in [0.2, 0.25) is 0 Å². The Balaban J connectivity index is 2.24. The molecular formula is C14H16ClN3. The van der Waals surface area contributed by atoms with Crippen LogP contribution in [0.5, 0.6) is 0 Å². The van der Waals surface area contributed by atoms with Crippen molar-refractivity contribution in [3.63, 3.8) is 0 Å². The van der Waals surface area contributed by atoms with Crippen molar-refractivity contribution in [2.75, 3.05) is 0 Å². The number of halogens is 1. The summed E-state index contributed by atoms with van der Waals surface area (Å²) in [5, 5.41) is 5.37. The number of nitrogens with two attached hydrogens (primary N) is 1. The summed E-state index contributed by atoms with van der Waals surface area (Å²) in [6.07, 6.45) is 2.24. The molecule has 1 aliphatic rings. The minimum Gasteiger partial charge on any atom is -0.325 e. The molecular weight excluding hydrogens is 246 g/mol. The number of benzene rings is 1. The van der Waals surface area contributed by atoms with Gasteiger partial charge >= 0.3 is 0 Å². The fourth-order valence-corrected chi connectivity index (χ4v) is 2.88. The van der Waals surface area contributed by atoms with Gasteiger partial charge in [-0.25, -0.2) is 0 Å². The van der Waals surface area contributed by atoms with Crippen LogP contribution >= 0.6 is 11.6 Å². The maximum atomic E-state index is 6.12. The first-order valence-corrected chi connectivity index (χ1v) is 6.63. The number of rotatable bonds is 2. The van der Waals surface area contributed by atoms with Gasteiger partial charge in [-0.15, -0.1) is 0 Å². The molecule has 2 aromatic rings. The summed E-state index contributed by atoms with van der Waals surface area (Å²) in [6.45, 7) is 3.58. The number of fused-ring (bicyclic) bond motifs is 1. The highest BCUT2D eigenvalue weighted by Crippen LogP contribution is 2.34. The molecule has 0 saturated heterocycles. The number of nitrogens with zero attached hydrogens (tertiary/aromatic N) is 2. The van der Waals surface area contributed by atoms with E-state index in [9.17, 15) is 0 Å². The van der Waals surface area contributed by atoms with Crippen molar-refractivity contribution in [3.05, 3.63) is 40.2 Å². The summed E-state index contributed by atoms with van der Waals surface area (Å²) in [5.74, 6) is 0. The molecule has 0 fully saturated rings. The molecule has 0 amide bonds. The predicted octanol–water partition coefficient (Wildman–Crippen LogP) is 2.92. The Morgan fingerprint density at radius 3 is 3.06 bits per heavy atom. The standard InChI is InChI=1S/C14H16ClN3/c1-9-4-5-10(15)7-11(9)14-12(8-16)17-18-6-2-3-13(14)18/h4-5,7H,2-3,6,8,16H2,1H3. The quantitative estimate of drug-likeness (QED) is 0.903. The van der Waals surface area contributed by atoms with Gasteiger partial charge in [-0.3, -0.25) is 4.68 Å². The van der Waals surface area contributed by atoms with Gasteiger partial charge in [0.05, 0.1) is 5.69 Å². The summed E-state index contributed by atoms with van der Waals surface area (Å²) >= 11 is 6.12. The molecule has 0 bridgehead atoms. The third-order valence-electron chi connectivity index (χ3n) is 3.58. The zero-order valence-electron chi connectivity index (χ0n) is 10.4. The van der Waals surface area contributed by atoms with E-state index in [4.69, 9.17) is 17.3 Å². The highest BCUT2D eigenvalue weighted by atomic mass is 35.5. The predicted molar refractivity (Wildman–Crippen MR) is 73.6 cm³/mol. The van der Waals surface area contributed by atoms with Crippen LogP contribution in [0.2, 0.25) is 5.02 Å². The Kier molecular flexibility index (Phi) is 2.88. The van der Waals surface area contributed by atoms with Crippen LogP contribution in [0.4, 0.5) is 0 Å². The molecule has 4 heteroatoms. The van der Waals surface area contributed by atoms with Crippen molar-refractivity contribution < 1.29 is 0 Å². The van der Waals surface area contributed by atoms with Crippen molar-refractivity contribution in [2.24, 2.45) is 5.73 Å². The third kappa shape index (κ3) is 1.74. The number of hydrogen-bond donors (Lipinski definition) is 1. The van der Waals surface area contributed by atoms with Gasteiger partial charge in [0.1, 0.15) is 0 Å². The second kappa shape index (κ2) is 4.41. The molecule has 1 aromatic carbocycles. The zero-order valence-corrected chi connectivity index (χ0v) is 11.2. The second-order valence-electron chi connectivity index (χ2n) is 4.76. The molecule has 0 atom stereocenters. The van der Waals surface area contributed by atoms with Crippen LogP contribution in [0.3, 0.4) is 0 Å². The summed E-state index contributed by atoms with van der Waals surface area (Å²) < 4.78 is 2.10. The van der Waals surface area contributed by atoms with Crippen LogP contribution in [0.25, 0.3) is 11.1 Å². The van der Waals surface area contributed by atoms with Gasteiger partial charge < -0.3 is 5.73 Å². The monoisotopic (exact) mass is 261 g/mol. The van der Waals surface area contributed by atoms with Crippen molar-refractivity contribution in [2.45, 2.75) is 32.9 Å². The lowest BCUT2D eigenvalue weighted by molar-refractivity contribution is 0.644. The lowest BCUT2D eigenvalue weighted by Crippen LogP contribution is -2.01. The summed E-state index contributed by atoms with van der Waals surface area (Å²) in [5.41, 5.74) is 11.7. The summed E-state index contributed by atoms with van der Waals surface area (Å²) in [4.78, 5) is 0. The van der Waals surface area contributed by atoms with Gasteiger partial charge in [0, 0.05) is 29.4 Å². The molecule has 2 heterocycles. The maximum absolute atomic E-state index is 6.12. The topological polar surface area (TPSA) is 43.8 Å². The first kappa shape index (κ1) is 11.8. The largest absolute Gasteiger partial charge is 0.325 e. The Morgan fingerprint density at radius 1 is 1.44 bits per heavy atom. The minimum atomic E-state index is 0.473.